The van der Waals surface area contributed by atoms with E-state index >= 15 is 0 Å². The predicted molar refractivity (Wildman–Crippen MR) is 90.3 cm³/mol. The lowest BCUT2D eigenvalue weighted by Gasteiger charge is -2.17. The van der Waals surface area contributed by atoms with Crippen LogP contribution in [0.25, 0.3) is 0 Å². The van der Waals surface area contributed by atoms with E-state index in [9.17, 15) is 9.59 Å². The molecule has 0 aromatic heterocycles. The molecule has 0 fully saturated rings. The summed E-state index contributed by atoms with van der Waals surface area (Å²) in [6.45, 7) is 5.12. The molecule has 0 saturated carbocycles. The third-order valence-electron chi connectivity index (χ3n) is 4.17. The molecule has 2 unspecified atom stereocenters. The zero-order chi connectivity index (χ0) is 16.8. The molecule has 2 atom stereocenters. The van der Waals surface area contributed by atoms with Crippen LogP contribution in [0.1, 0.15) is 37.8 Å². The van der Waals surface area contributed by atoms with Crippen LogP contribution in [-0.2, 0) is 22.7 Å². The molecule has 0 radical (unpaired) electrons. The number of hydrogen-bond acceptors (Lipinski definition) is 3. The normalized spacial score (nSPS) is 16.2. The van der Waals surface area contributed by atoms with Crippen molar-refractivity contribution in [2.45, 2.75) is 51.9 Å². The minimum Gasteiger partial charge on any atom is -0.349 e. The molecule has 1 aliphatic heterocycles. The van der Waals surface area contributed by atoms with E-state index in [0.29, 0.717) is 25.9 Å². The van der Waals surface area contributed by atoms with Gasteiger partial charge < -0.3 is 16.0 Å². The maximum Gasteiger partial charge on any atom is 0.246 e. The van der Waals surface area contributed by atoms with Gasteiger partial charge in [-0.25, -0.2) is 0 Å². The fourth-order valence-electron chi connectivity index (χ4n) is 2.55. The molecule has 2 rings (SSSR count). The second-order valence-corrected chi connectivity index (χ2v) is 5.86. The number of benzene rings is 1. The highest BCUT2D eigenvalue weighted by Crippen LogP contribution is 2.22. The first kappa shape index (κ1) is 17.2. The van der Waals surface area contributed by atoms with E-state index in [4.69, 9.17) is 5.73 Å². The van der Waals surface area contributed by atoms with Gasteiger partial charge in [-0.15, -0.1) is 0 Å². The Hall–Kier alpha value is -2.14. The number of nitrogens with two attached hydrogens (primary N) is 1. The van der Waals surface area contributed by atoms with E-state index in [-0.39, 0.29) is 17.9 Å². The van der Waals surface area contributed by atoms with Gasteiger partial charge >= 0.3 is 0 Å². The van der Waals surface area contributed by atoms with Gasteiger partial charge in [-0.3, -0.25) is 9.59 Å². The number of amides is 2. The first-order valence-electron chi connectivity index (χ1n) is 8.15. The fraction of sp³-hybridized carbons (Fsp3) is 0.444. The Morgan fingerprint density at radius 3 is 2.35 bits per heavy atom. The standard InChI is InChI=1S/C18H25N3O2/c1-3-15(20-18(23)16(19)4-2)9-10-17(22)21-11-13-7-5-6-8-14(13)12-21/h5-10,15-16H,3-4,11-12,19H2,1-2H3,(H,20,23). The molecule has 0 saturated heterocycles. The molecule has 2 amide bonds. The van der Waals surface area contributed by atoms with Crippen LogP contribution in [0.3, 0.4) is 0 Å². The number of hydrogen-bond donors (Lipinski definition) is 2. The predicted octanol–water partition coefficient (Wildman–Crippen LogP) is 1.72. The molecule has 1 aromatic carbocycles. The van der Waals surface area contributed by atoms with Crippen LogP contribution < -0.4 is 11.1 Å². The number of nitrogens with one attached hydrogen (secondary N) is 1. The van der Waals surface area contributed by atoms with Crippen molar-refractivity contribution < 1.29 is 9.59 Å². The van der Waals surface area contributed by atoms with Crippen LogP contribution >= 0.6 is 0 Å². The molecule has 5 nitrogen and oxygen atoms in total. The highest BCUT2D eigenvalue weighted by atomic mass is 16.2. The largest absolute Gasteiger partial charge is 0.349 e. The third-order valence-corrected chi connectivity index (χ3v) is 4.17. The van der Waals surface area contributed by atoms with E-state index in [1.54, 1.807) is 17.1 Å². The summed E-state index contributed by atoms with van der Waals surface area (Å²) in [6, 6.07) is 7.40. The summed E-state index contributed by atoms with van der Waals surface area (Å²) in [4.78, 5) is 25.9. The Morgan fingerprint density at radius 2 is 1.83 bits per heavy atom. The summed E-state index contributed by atoms with van der Waals surface area (Å²) >= 11 is 0. The summed E-state index contributed by atoms with van der Waals surface area (Å²) in [5.74, 6) is -0.210. The number of rotatable bonds is 6. The Labute approximate surface area is 137 Å². The summed E-state index contributed by atoms with van der Waals surface area (Å²) in [6.07, 6.45) is 4.62. The summed E-state index contributed by atoms with van der Waals surface area (Å²) in [5, 5.41) is 2.86. The first-order chi connectivity index (χ1) is 11.0. The Bertz CT molecular complexity index is 573. The number of fused-ring (bicyclic) bond motifs is 1. The highest BCUT2D eigenvalue weighted by Gasteiger charge is 2.21. The fourth-order valence-corrected chi connectivity index (χ4v) is 2.55. The lowest BCUT2D eigenvalue weighted by Crippen LogP contribution is -2.44. The van der Waals surface area contributed by atoms with Gasteiger partial charge in [-0.2, -0.15) is 0 Å². The molecule has 1 aliphatic rings. The minimum atomic E-state index is -0.499. The molecule has 3 N–H and O–H groups in total. The van der Waals surface area contributed by atoms with E-state index in [1.165, 1.54) is 11.1 Å². The van der Waals surface area contributed by atoms with Crippen molar-refractivity contribution in [2.75, 3.05) is 0 Å². The van der Waals surface area contributed by atoms with Crippen molar-refractivity contribution in [2.24, 2.45) is 5.73 Å². The smallest absolute Gasteiger partial charge is 0.246 e. The van der Waals surface area contributed by atoms with Gasteiger partial charge in [0.2, 0.25) is 11.8 Å². The third kappa shape index (κ3) is 4.42. The molecular weight excluding hydrogens is 290 g/mol. The van der Waals surface area contributed by atoms with Crippen LogP contribution in [-0.4, -0.2) is 28.8 Å². The Kier molecular flexibility index (Phi) is 5.93. The van der Waals surface area contributed by atoms with E-state index in [2.05, 4.69) is 5.32 Å². The van der Waals surface area contributed by atoms with Crippen molar-refractivity contribution in [1.29, 1.82) is 0 Å². The van der Waals surface area contributed by atoms with Gasteiger partial charge in [0.15, 0.2) is 0 Å². The zero-order valence-corrected chi connectivity index (χ0v) is 13.8. The quantitative estimate of drug-likeness (QED) is 0.785. The molecule has 0 bridgehead atoms. The molecule has 23 heavy (non-hydrogen) atoms. The van der Waals surface area contributed by atoms with Crippen LogP contribution in [0, 0.1) is 0 Å². The maximum atomic E-state index is 12.3. The van der Waals surface area contributed by atoms with E-state index < -0.39 is 6.04 Å². The number of carbonyl (C=O) groups excluding carboxylic acids is 2. The summed E-state index contributed by atoms with van der Waals surface area (Å²) in [5.41, 5.74) is 8.11. The van der Waals surface area contributed by atoms with Gasteiger partial charge in [-0.05, 0) is 24.0 Å². The van der Waals surface area contributed by atoms with E-state index in [1.807, 2.05) is 38.1 Å². The van der Waals surface area contributed by atoms with Crippen molar-refractivity contribution in [1.82, 2.24) is 10.2 Å². The summed E-state index contributed by atoms with van der Waals surface area (Å²) in [7, 11) is 0. The van der Waals surface area contributed by atoms with Crippen LogP contribution in [0.5, 0.6) is 0 Å². The monoisotopic (exact) mass is 315 g/mol. The van der Waals surface area contributed by atoms with Gasteiger partial charge in [0.25, 0.3) is 0 Å². The van der Waals surface area contributed by atoms with Crippen molar-refractivity contribution in [3.8, 4) is 0 Å². The van der Waals surface area contributed by atoms with Crippen LogP contribution in [0.2, 0.25) is 0 Å². The second-order valence-electron chi connectivity index (χ2n) is 5.86. The van der Waals surface area contributed by atoms with Gasteiger partial charge in [-0.1, -0.05) is 44.2 Å². The molecule has 1 aromatic rings. The molecule has 0 aliphatic carbocycles. The Balaban J connectivity index is 1.91. The lowest BCUT2D eigenvalue weighted by atomic mass is 10.1. The maximum absolute atomic E-state index is 12.3. The average molecular weight is 315 g/mol. The Morgan fingerprint density at radius 1 is 1.22 bits per heavy atom. The van der Waals surface area contributed by atoms with Gasteiger partial charge in [0.1, 0.15) is 0 Å². The van der Waals surface area contributed by atoms with Gasteiger partial charge in [0.05, 0.1) is 6.04 Å². The second kappa shape index (κ2) is 7.92. The number of carbonyl (C=O) groups is 2. The lowest BCUT2D eigenvalue weighted by molar-refractivity contribution is -0.126. The van der Waals surface area contributed by atoms with Crippen molar-refractivity contribution in [3.63, 3.8) is 0 Å². The minimum absolute atomic E-state index is 0.0336. The zero-order valence-electron chi connectivity index (χ0n) is 13.8. The summed E-state index contributed by atoms with van der Waals surface area (Å²) < 4.78 is 0. The van der Waals surface area contributed by atoms with Gasteiger partial charge in [0, 0.05) is 25.2 Å². The van der Waals surface area contributed by atoms with Crippen molar-refractivity contribution in [3.05, 3.63) is 47.5 Å². The molecular formula is C18H25N3O2. The molecule has 5 heteroatoms. The first-order valence-corrected chi connectivity index (χ1v) is 8.15. The topological polar surface area (TPSA) is 75.4 Å². The van der Waals surface area contributed by atoms with Crippen LogP contribution in [0.15, 0.2) is 36.4 Å². The van der Waals surface area contributed by atoms with Crippen LogP contribution in [0.4, 0.5) is 0 Å². The molecule has 1 heterocycles. The highest BCUT2D eigenvalue weighted by molar-refractivity contribution is 5.88. The van der Waals surface area contributed by atoms with Crippen molar-refractivity contribution >= 4 is 11.8 Å². The molecule has 0 spiro atoms. The van der Waals surface area contributed by atoms with E-state index in [0.717, 1.165) is 0 Å². The SMILES string of the molecule is CCC(C=CC(=O)N1Cc2ccccc2C1)NC(=O)C(N)CC. The average Bonchev–Trinajstić information content (AvgIpc) is 3.01. The molecule has 124 valence electrons. The number of nitrogens with zero attached hydrogens (tertiary/aromatic N) is 1.